The van der Waals surface area contributed by atoms with Crippen molar-refractivity contribution in [2.45, 2.75) is 25.4 Å². The first-order valence-electron chi connectivity index (χ1n) is 7.41. The summed E-state index contributed by atoms with van der Waals surface area (Å²) in [6.45, 7) is 3.81. The molecule has 2 heterocycles. The van der Waals surface area contributed by atoms with Crippen LogP contribution in [0.15, 0.2) is 12.1 Å². The molecule has 3 rings (SSSR count). The van der Waals surface area contributed by atoms with Crippen molar-refractivity contribution in [3.8, 4) is 11.5 Å². The number of ether oxygens (including phenoxy) is 2. The smallest absolute Gasteiger partial charge is 0.231 e. The van der Waals surface area contributed by atoms with Crippen molar-refractivity contribution >= 4 is 11.6 Å². The third kappa shape index (κ3) is 3.61. The molecule has 1 fully saturated rings. The van der Waals surface area contributed by atoms with Gasteiger partial charge >= 0.3 is 0 Å². The molecule has 5 nitrogen and oxygen atoms in total. The minimum absolute atomic E-state index is 0.158. The van der Waals surface area contributed by atoms with E-state index in [1.165, 1.54) is 12.8 Å². The van der Waals surface area contributed by atoms with E-state index in [1.807, 2.05) is 12.1 Å². The molecule has 1 atom stereocenters. The molecule has 116 valence electrons. The molecule has 1 aromatic rings. The maximum Gasteiger partial charge on any atom is 0.231 e. The predicted molar refractivity (Wildman–Crippen MR) is 81.0 cm³/mol. The molecular formula is C15H21ClN2O3. The summed E-state index contributed by atoms with van der Waals surface area (Å²) in [6, 6.07) is 4.41. The molecule has 1 saturated heterocycles. The Bertz CT molecular complexity index is 492. The molecule has 0 radical (unpaired) electrons. The second kappa shape index (κ2) is 6.83. The summed E-state index contributed by atoms with van der Waals surface area (Å²) in [6.07, 6.45) is 2.43. The number of halogens is 1. The SMILES string of the molecule is OCCN(Cc1cc(Cl)c2c(c1)OCO2)CC1CCCN1. The van der Waals surface area contributed by atoms with Gasteiger partial charge in [0.05, 0.1) is 11.6 Å². The monoisotopic (exact) mass is 312 g/mol. The number of aliphatic hydroxyl groups is 1. The maximum atomic E-state index is 9.27. The summed E-state index contributed by atoms with van der Waals surface area (Å²) in [5.41, 5.74) is 1.08. The van der Waals surface area contributed by atoms with E-state index in [0.717, 1.165) is 25.2 Å². The molecule has 0 bridgehead atoms. The lowest BCUT2D eigenvalue weighted by atomic mass is 10.1. The molecule has 2 aliphatic rings. The van der Waals surface area contributed by atoms with Crippen LogP contribution in [0.5, 0.6) is 11.5 Å². The van der Waals surface area contributed by atoms with Crippen molar-refractivity contribution in [3.05, 3.63) is 22.7 Å². The van der Waals surface area contributed by atoms with Gasteiger partial charge < -0.3 is 19.9 Å². The molecule has 2 N–H and O–H groups in total. The Hall–Kier alpha value is -1.01. The number of hydrogen-bond acceptors (Lipinski definition) is 5. The molecule has 1 aromatic carbocycles. The lowest BCUT2D eigenvalue weighted by Gasteiger charge is -2.25. The van der Waals surface area contributed by atoms with Crippen LogP contribution in [0, 0.1) is 0 Å². The van der Waals surface area contributed by atoms with E-state index in [4.69, 9.17) is 21.1 Å². The topological polar surface area (TPSA) is 54.0 Å². The Morgan fingerprint density at radius 2 is 2.29 bits per heavy atom. The lowest BCUT2D eigenvalue weighted by molar-refractivity contribution is 0.173. The van der Waals surface area contributed by atoms with Crippen LogP contribution in [0.1, 0.15) is 18.4 Å². The van der Waals surface area contributed by atoms with Crippen LogP contribution in [0.3, 0.4) is 0 Å². The Labute approximate surface area is 129 Å². The fourth-order valence-corrected chi connectivity index (χ4v) is 3.26. The van der Waals surface area contributed by atoms with Crippen LogP contribution in [-0.2, 0) is 6.54 Å². The van der Waals surface area contributed by atoms with E-state index in [9.17, 15) is 5.11 Å². The van der Waals surface area contributed by atoms with Gasteiger partial charge in [0.2, 0.25) is 6.79 Å². The molecule has 0 saturated carbocycles. The van der Waals surface area contributed by atoms with E-state index >= 15 is 0 Å². The first-order valence-corrected chi connectivity index (χ1v) is 7.78. The maximum absolute atomic E-state index is 9.27. The molecule has 2 aliphatic heterocycles. The summed E-state index contributed by atoms with van der Waals surface area (Å²) in [5, 5.41) is 13.3. The zero-order chi connectivity index (χ0) is 14.7. The quantitative estimate of drug-likeness (QED) is 0.836. The Morgan fingerprint density at radius 1 is 1.38 bits per heavy atom. The summed E-state index contributed by atoms with van der Waals surface area (Å²) in [5.74, 6) is 1.34. The standard InChI is InChI=1S/C15H21ClN2O3/c16-13-6-11(7-14-15(13)21-10-20-14)8-18(4-5-19)9-12-2-1-3-17-12/h6-7,12,17,19H,1-5,8-10H2. The number of hydrogen-bond donors (Lipinski definition) is 2. The number of fused-ring (bicyclic) bond motifs is 1. The average molecular weight is 313 g/mol. The lowest BCUT2D eigenvalue weighted by Crippen LogP contribution is -2.38. The molecule has 6 heteroatoms. The predicted octanol–water partition coefficient (Wildman–Crippen LogP) is 1.61. The van der Waals surface area contributed by atoms with E-state index in [-0.39, 0.29) is 13.4 Å². The van der Waals surface area contributed by atoms with E-state index in [2.05, 4.69) is 10.2 Å². The van der Waals surface area contributed by atoms with Gasteiger partial charge in [-0.05, 0) is 37.1 Å². The van der Waals surface area contributed by atoms with Crippen molar-refractivity contribution in [2.75, 3.05) is 33.0 Å². The van der Waals surface area contributed by atoms with Crippen LogP contribution >= 0.6 is 11.6 Å². The second-order valence-corrected chi connectivity index (χ2v) is 5.97. The molecule has 1 unspecified atom stereocenters. The molecule has 0 aromatic heterocycles. The zero-order valence-electron chi connectivity index (χ0n) is 12.0. The molecule has 0 spiro atoms. The zero-order valence-corrected chi connectivity index (χ0v) is 12.7. The Kier molecular flexibility index (Phi) is 4.85. The minimum atomic E-state index is 0.158. The van der Waals surface area contributed by atoms with Gasteiger partial charge in [-0.3, -0.25) is 4.90 Å². The summed E-state index contributed by atoms with van der Waals surface area (Å²) in [7, 11) is 0. The van der Waals surface area contributed by atoms with Crippen LogP contribution in [0.4, 0.5) is 0 Å². The first kappa shape index (κ1) is 14.9. The van der Waals surface area contributed by atoms with Gasteiger partial charge in [0.15, 0.2) is 11.5 Å². The highest BCUT2D eigenvalue weighted by Crippen LogP contribution is 2.40. The number of nitrogens with zero attached hydrogens (tertiary/aromatic N) is 1. The van der Waals surface area contributed by atoms with E-state index in [1.54, 1.807) is 0 Å². The molecule has 0 aliphatic carbocycles. The van der Waals surface area contributed by atoms with E-state index in [0.29, 0.717) is 29.1 Å². The summed E-state index contributed by atoms with van der Waals surface area (Å²) >= 11 is 6.22. The fourth-order valence-electron chi connectivity index (χ4n) is 2.97. The van der Waals surface area contributed by atoms with Gasteiger partial charge in [0.25, 0.3) is 0 Å². The number of aliphatic hydroxyl groups excluding tert-OH is 1. The minimum Gasteiger partial charge on any atom is -0.454 e. The summed E-state index contributed by atoms with van der Waals surface area (Å²) < 4.78 is 10.7. The van der Waals surface area contributed by atoms with E-state index < -0.39 is 0 Å². The van der Waals surface area contributed by atoms with Crippen molar-refractivity contribution in [3.63, 3.8) is 0 Å². The fraction of sp³-hybridized carbons (Fsp3) is 0.600. The van der Waals surface area contributed by atoms with Crippen LogP contribution in [-0.4, -0.2) is 49.1 Å². The third-order valence-electron chi connectivity index (χ3n) is 3.95. The van der Waals surface area contributed by atoms with Gasteiger partial charge in [-0.1, -0.05) is 11.6 Å². The highest BCUT2D eigenvalue weighted by Gasteiger charge is 2.21. The van der Waals surface area contributed by atoms with Crippen LogP contribution < -0.4 is 14.8 Å². The number of rotatable bonds is 6. The highest BCUT2D eigenvalue weighted by molar-refractivity contribution is 6.32. The average Bonchev–Trinajstić information content (AvgIpc) is 3.10. The van der Waals surface area contributed by atoms with Gasteiger partial charge in [0, 0.05) is 25.7 Å². The third-order valence-corrected chi connectivity index (χ3v) is 4.23. The Morgan fingerprint density at radius 3 is 3.05 bits per heavy atom. The van der Waals surface area contributed by atoms with Crippen molar-refractivity contribution in [1.82, 2.24) is 10.2 Å². The number of nitrogens with one attached hydrogen (secondary N) is 1. The molecule has 21 heavy (non-hydrogen) atoms. The Balaban J connectivity index is 1.68. The second-order valence-electron chi connectivity index (χ2n) is 5.56. The first-order chi connectivity index (χ1) is 10.3. The van der Waals surface area contributed by atoms with Gasteiger partial charge in [-0.2, -0.15) is 0 Å². The van der Waals surface area contributed by atoms with Gasteiger partial charge in [-0.15, -0.1) is 0 Å². The molecular weight excluding hydrogens is 292 g/mol. The normalized spacial score (nSPS) is 20.4. The largest absolute Gasteiger partial charge is 0.454 e. The van der Waals surface area contributed by atoms with Crippen molar-refractivity contribution in [1.29, 1.82) is 0 Å². The van der Waals surface area contributed by atoms with Crippen LogP contribution in [0.25, 0.3) is 0 Å². The van der Waals surface area contributed by atoms with Gasteiger partial charge in [-0.25, -0.2) is 0 Å². The molecule has 0 amide bonds. The highest BCUT2D eigenvalue weighted by atomic mass is 35.5. The van der Waals surface area contributed by atoms with Crippen LogP contribution in [0.2, 0.25) is 5.02 Å². The number of benzene rings is 1. The van der Waals surface area contributed by atoms with Crippen molar-refractivity contribution < 1.29 is 14.6 Å². The summed E-state index contributed by atoms with van der Waals surface area (Å²) in [4.78, 5) is 2.25. The van der Waals surface area contributed by atoms with Gasteiger partial charge in [0.1, 0.15) is 0 Å². The van der Waals surface area contributed by atoms with Crippen molar-refractivity contribution in [2.24, 2.45) is 0 Å².